The largest absolute Gasteiger partial charge is 0.330 e. The van der Waals surface area contributed by atoms with Crippen LogP contribution in [0.3, 0.4) is 0 Å². The third-order valence-corrected chi connectivity index (χ3v) is 3.69. The van der Waals surface area contributed by atoms with Crippen LogP contribution < -0.4 is 5.73 Å². The predicted octanol–water partition coefficient (Wildman–Crippen LogP) is 6.22. The van der Waals surface area contributed by atoms with Crippen molar-refractivity contribution in [1.82, 2.24) is 4.98 Å². The molecule has 0 aliphatic rings. The minimum absolute atomic E-state index is 0.213. The molecule has 0 amide bonds. The van der Waals surface area contributed by atoms with Crippen molar-refractivity contribution in [2.24, 2.45) is 11.7 Å². The monoisotopic (exact) mass is 350 g/mol. The molecule has 0 aliphatic carbocycles. The fourth-order valence-electron chi connectivity index (χ4n) is 2.44. The lowest BCUT2D eigenvalue weighted by Crippen LogP contribution is -2.19. The van der Waals surface area contributed by atoms with E-state index in [-0.39, 0.29) is 5.92 Å². The van der Waals surface area contributed by atoms with E-state index in [2.05, 4.69) is 42.4 Å². The first-order chi connectivity index (χ1) is 12.8. The predicted molar refractivity (Wildman–Crippen MR) is 117 cm³/mol. The molecular formula is C24H34N2. The Morgan fingerprint density at radius 3 is 2.12 bits per heavy atom. The van der Waals surface area contributed by atoms with E-state index in [9.17, 15) is 0 Å². The van der Waals surface area contributed by atoms with E-state index in [1.165, 1.54) is 5.56 Å². The van der Waals surface area contributed by atoms with E-state index in [1.807, 2.05) is 64.2 Å². The zero-order valence-electron chi connectivity index (χ0n) is 16.8. The average molecular weight is 351 g/mol. The molecular weight excluding hydrogens is 316 g/mol. The van der Waals surface area contributed by atoms with Gasteiger partial charge in [-0.1, -0.05) is 95.5 Å². The van der Waals surface area contributed by atoms with Crippen molar-refractivity contribution in [2.75, 3.05) is 6.54 Å². The first-order valence-corrected chi connectivity index (χ1v) is 9.44. The Morgan fingerprint density at radius 1 is 1.00 bits per heavy atom. The van der Waals surface area contributed by atoms with Crippen molar-refractivity contribution in [2.45, 2.75) is 34.1 Å². The normalized spacial score (nSPS) is 11.2. The quantitative estimate of drug-likeness (QED) is 0.602. The molecule has 140 valence electrons. The van der Waals surface area contributed by atoms with Gasteiger partial charge in [-0.05, 0) is 30.2 Å². The number of hydrogen-bond donors (Lipinski definition) is 1. The first-order valence-electron chi connectivity index (χ1n) is 9.44. The van der Waals surface area contributed by atoms with Crippen LogP contribution in [0.1, 0.15) is 33.4 Å². The van der Waals surface area contributed by atoms with Gasteiger partial charge in [0.2, 0.25) is 0 Å². The van der Waals surface area contributed by atoms with Crippen LogP contribution in [0.15, 0.2) is 85.6 Å². The maximum Gasteiger partial charge on any atom is 0.0410 e. The summed E-state index contributed by atoms with van der Waals surface area (Å²) in [6, 6.07) is 14.4. The number of allylic oxidation sites excluding steroid dienone is 3. The summed E-state index contributed by atoms with van der Waals surface area (Å²) in [5.74, 6) is 0.213. The van der Waals surface area contributed by atoms with E-state index in [4.69, 9.17) is 5.73 Å². The lowest BCUT2D eigenvalue weighted by Gasteiger charge is -2.15. The molecule has 0 bridgehead atoms. The number of benzene rings is 1. The van der Waals surface area contributed by atoms with E-state index >= 15 is 0 Å². The molecule has 0 saturated heterocycles. The van der Waals surface area contributed by atoms with Crippen LogP contribution in [-0.4, -0.2) is 11.5 Å². The zero-order chi connectivity index (χ0) is 19.8. The molecule has 1 aromatic heterocycles. The number of nitrogens with zero attached hydrogens (tertiary/aromatic N) is 1. The van der Waals surface area contributed by atoms with Crippen LogP contribution >= 0.6 is 0 Å². The average Bonchev–Trinajstić information content (AvgIpc) is 2.74. The smallest absolute Gasteiger partial charge is 0.0410 e. The summed E-state index contributed by atoms with van der Waals surface area (Å²) in [5.41, 5.74) is 10.3. The molecule has 2 nitrogen and oxygen atoms in total. The van der Waals surface area contributed by atoms with Gasteiger partial charge >= 0.3 is 0 Å². The van der Waals surface area contributed by atoms with Gasteiger partial charge in [0.05, 0.1) is 0 Å². The van der Waals surface area contributed by atoms with Gasteiger partial charge < -0.3 is 5.73 Å². The van der Waals surface area contributed by atoms with Crippen LogP contribution in [0.5, 0.6) is 0 Å². The number of rotatable bonds is 7. The highest BCUT2D eigenvalue weighted by Gasteiger charge is 2.11. The number of aromatic nitrogens is 1. The first kappa shape index (κ1) is 23.5. The standard InChI is InChI=1S/C20H22N2.2C2H6/c1-3-8-16(4-2)19(14-21)13-20-12-11-18(15-22-20)17-9-6-5-7-10-17;2*1-2/h3-12,15,19H,1-2,13-14,21H2;2*1-2H3/b16-8+;;. The molecule has 0 spiro atoms. The highest BCUT2D eigenvalue weighted by atomic mass is 14.7. The van der Waals surface area contributed by atoms with Crippen molar-refractivity contribution in [1.29, 1.82) is 0 Å². The SMILES string of the molecule is C=C/C=C(\C=C)C(CN)Cc1ccc(-c2ccccc2)cn1.CC.CC. The molecule has 0 saturated carbocycles. The lowest BCUT2D eigenvalue weighted by molar-refractivity contribution is 0.624. The Morgan fingerprint density at radius 2 is 1.65 bits per heavy atom. The fraction of sp³-hybridized carbons (Fsp3) is 0.292. The molecule has 2 heteroatoms. The van der Waals surface area contributed by atoms with E-state index in [0.29, 0.717) is 6.54 Å². The van der Waals surface area contributed by atoms with Gasteiger partial charge in [-0.15, -0.1) is 0 Å². The van der Waals surface area contributed by atoms with Crippen molar-refractivity contribution < 1.29 is 0 Å². The van der Waals surface area contributed by atoms with Gasteiger partial charge in [0, 0.05) is 23.4 Å². The second-order valence-electron chi connectivity index (χ2n) is 5.15. The van der Waals surface area contributed by atoms with Crippen LogP contribution in [-0.2, 0) is 6.42 Å². The summed E-state index contributed by atoms with van der Waals surface area (Å²) < 4.78 is 0. The molecule has 1 unspecified atom stereocenters. The third kappa shape index (κ3) is 7.62. The van der Waals surface area contributed by atoms with Crippen LogP contribution in [0.4, 0.5) is 0 Å². The summed E-state index contributed by atoms with van der Waals surface area (Å²) in [6.07, 6.45) is 8.30. The minimum Gasteiger partial charge on any atom is -0.330 e. The summed E-state index contributed by atoms with van der Waals surface area (Å²) in [6.45, 7) is 16.2. The van der Waals surface area contributed by atoms with Crippen molar-refractivity contribution in [3.05, 3.63) is 91.3 Å². The maximum absolute atomic E-state index is 5.90. The zero-order valence-corrected chi connectivity index (χ0v) is 16.8. The Hall–Kier alpha value is -2.45. The van der Waals surface area contributed by atoms with E-state index in [1.54, 1.807) is 6.08 Å². The van der Waals surface area contributed by atoms with Crippen LogP contribution in [0.2, 0.25) is 0 Å². The molecule has 1 atom stereocenters. The molecule has 0 fully saturated rings. The summed E-state index contributed by atoms with van der Waals surface area (Å²) in [4.78, 5) is 4.58. The number of nitrogens with two attached hydrogens (primary N) is 1. The topological polar surface area (TPSA) is 38.9 Å². The van der Waals surface area contributed by atoms with Crippen LogP contribution in [0, 0.1) is 5.92 Å². The molecule has 2 N–H and O–H groups in total. The van der Waals surface area contributed by atoms with E-state index in [0.717, 1.165) is 23.3 Å². The highest BCUT2D eigenvalue weighted by molar-refractivity contribution is 5.62. The summed E-state index contributed by atoms with van der Waals surface area (Å²) >= 11 is 0. The Balaban J connectivity index is 0.00000146. The van der Waals surface area contributed by atoms with Gasteiger partial charge in [0.15, 0.2) is 0 Å². The lowest BCUT2D eigenvalue weighted by atomic mass is 9.93. The molecule has 2 aromatic rings. The molecule has 2 rings (SSSR count). The van der Waals surface area contributed by atoms with Crippen molar-refractivity contribution in [3.8, 4) is 11.1 Å². The third-order valence-electron chi connectivity index (χ3n) is 3.69. The summed E-state index contributed by atoms with van der Waals surface area (Å²) in [5, 5.41) is 0. The Kier molecular flexibility index (Phi) is 13.5. The number of hydrogen-bond acceptors (Lipinski definition) is 2. The molecule has 1 heterocycles. The molecule has 1 aromatic carbocycles. The Labute approximate surface area is 160 Å². The minimum atomic E-state index is 0.213. The van der Waals surface area contributed by atoms with Gasteiger partial charge in [0.1, 0.15) is 0 Å². The second-order valence-corrected chi connectivity index (χ2v) is 5.15. The highest BCUT2D eigenvalue weighted by Crippen LogP contribution is 2.20. The Bertz CT molecular complexity index is 640. The molecule has 0 radical (unpaired) electrons. The van der Waals surface area contributed by atoms with Crippen LogP contribution in [0.25, 0.3) is 11.1 Å². The summed E-state index contributed by atoms with van der Waals surface area (Å²) in [7, 11) is 0. The number of pyridine rings is 1. The van der Waals surface area contributed by atoms with Gasteiger partial charge in [-0.3, -0.25) is 4.98 Å². The van der Waals surface area contributed by atoms with Gasteiger partial charge in [-0.25, -0.2) is 0 Å². The van der Waals surface area contributed by atoms with Crippen molar-refractivity contribution >= 4 is 0 Å². The fourth-order valence-corrected chi connectivity index (χ4v) is 2.44. The molecule has 0 aliphatic heterocycles. The van der Waals surface area contributed by atoms with Gasteiger partial charge in [-0.2, -0.15) is 0 Å². The van der Waals surface area contributed by atoms with Gasteiger partial charge in [0.25, 0.3) is 0 Å². The maximum atomic E-state index is 5.90. The van der Waals surface area contributed by atoms with E-state index < -0.39 is 0 Å². The second kappa shape index (κ2) is 14.9. The molecule has 26 heavy (non-hydrogen) atoms. The van der Waals surface area contributed by atoms with Crippen molar-refractivity contribution in [3.63, 3.8) is 0 Å².